The van der Waals surface area contributed by atoms with Gasteiger partial charge >= 0.3 is 0 Å². The van der Waals surface area contributed by atoms with E-state index in [1.54, 1.807) is 0 Å². The summed E-state index contributed by atoms with van der Waals surface area (Å²) in [4.78, 5) is 19.0. The molecule has 3 aromatic heterocycles. The third kappa shape index (κ3) is 4.96. The van der Waals surface area contributed by atoms with Crippen LogP contribution in [0.3, 0.4) is 0 Å². The summed E-state index contributed by atoms with van der Waals surface area (Å²) in [7, 11) is 0. The van der Waals surface area contributed by atoms with Gasteiger partial charge in [0, 0.05) is 17.3 Å². The fraction of sp³-hybridized carbons (Fsp3) is 0.0769. The molecule has 0 unspecified atom stereocenters. The van der Waals surface area contributed by atoms with Gasteiger partial charge in [-0.25, -0.2) is 19.9 Å². The summed E-state index contributed by atoms with van der Waals surface area (Å²) in [6.45, 7) is 10.1. The van der Waals surface area contributed by atoms with E-state index in [1.165, 1.54) is 0 Å². The lowest BCUT2D eigenvalue weighted by Gasteiger charge is -2.13. The minimum atomic E-state index is 0.726. The Hall–Kier alpha value is -5.88. The number of aromatic nitrogens is 5. The maximum Gasteiger partial charge on any atom is 0.164 e. The van der Waals surface area contributed by atoms with Crippen molar-refractivity contribution in [2.45, 2.75) is 20.8 Å². The number of hydrogen-bond acceptors (Lipinski definition) is 4. The minimum absolute atomic E-state index is 0.726. The quantitative estimate of drug-likeness (QED) is 0.175. The van der Waals surface area contributed by atoms with E-state index in [9.17, 15) is 0 Å². The van der Waals surface area contributed by atoms with Gasteiger partial charge in [-0.3, -0.25) is 9.13 Å². The van der Waals surface area contributed by atoms with E-state index < -0.39 is 0 Å². The van der Waals surface area contributed by atoms with Gasteiger partial charge in [-0.2, -0.15) is 0 Å². The molecule has 0 bridgehead atoms. The molecule has 0 N–H and O–H groups in total. The molecule has 0 aliphatic rings. The molecule has 0 radical (unpaired) electrons. The highest BCUT2D eigenvalue weighted by molar-refractivity contribution is 5.81. The molecule has 3 heterocycles. The fourth-order valence-electron chi connectivity index (χ4n) is 5.86. The lowest BCUT2D eigenvalue weighted by molar-refractivity contribution is 1.04. The van der Waals surface area contributed by atoms with Crippen molar-refractivity contribution in [3.05, 3.63) is 138 Å². The minimum Gasteiger partial charge on any atom is -0.276 e. The van der Waals surface area contributed by atoms with Gasteiger partial charge in [0.15, 0.2) is 11.5 Å². The predicted molar refractivity (Wildman–Crippen MR) is 186 cm³/mol. The Morgan fingerprint density at radius 3 is 1.71 bits per heavy atom. The molecule has 218 valence electrons. The van der Waals surface area contributed by atoms with Crippen molar-refractivity contribution in [3.8, 4) is 45.3 Å². The second-order valence-electron chi connectivity index (χ2n) is 11.0. The number of pyridine rings is 1. The van der Waals surface area contributed by atoms with Crippen LogP contribution in [0.25, 0.3) is 62.5 Å². The number of aliphatic imine (C=N–C) groups is 1. The Bertz CT molecular complexity index is 2200. The average Bonchev–Trinajstić information content (AvgIpc) is 3.64. The van der Waals surface area contributed by atoms with Gasteiger partial charge in [-0.05, 0) is 80.1 Å². The fourth-order valence-corrected chi connectivity index (χ4v) is 5.86. The molecule has 0 atom stereocenters. The number of benzene rings is 4. The summed E-state index contributed by atoms with van der Waals surface area (Å²) in [5.41, 5.74) is 11.2. The lowest BCUT2D eigenvalue weighted by atomic mass is 10.0. The van der Waals surface area contributed by atoms with Gasteiger partial charge in [0.2, 0.25) is 0 Å². The Morgan fingerprint density at radius 2 is 1.16 bits per heavy atom. The standard InChI is InChI=1S/C39H32N6/c1-5-11-32-38(40-4)44(34-15-8-6-12-26(34)2)36(42-32)30-21-17-28(18-22-30)29-19-23-31(24-20-29)37-43-33-14-10-25-41-39(33)45(37)35-16-9-7-13-27(35)3/h5-25H,4H2,1-3H3/b11-5-. The maximum atomic E-state index is 4.99. The summed E-state index contributed by atoms with van der Waals surface area (Å²) in [5.74, 6) is 2.42. The monoisotopic (exact) mass is 584 g/mol. The third-order valence-corrected chi connectivity index (χ3v) is 8.10. The highest BCUT2D eigenvalue weighted by Gasteiger charge is 2.20. The van der Waals surface area contributed by atoms with Crippen LogP contribution in [0, 0.1) is 13.8 Å². The number of fused-ring (bicyclic) bond motifs is 1. The van der Waals surface area contributed by atoms with Crippen LogP contribution >= 0.6 is 0 Å². The summed E-state index contributed by atoms with van der Waals surface area (Å²) in [6.07, 6.45) is 5.77. The van der Waals surface area contributed by atoms with Crippen molar-refractivity contribution in [1.29, 1.82) is 0 Å². The molecule has 6 heteroatoms. The lowest BCUT2D eigenvalue weighted by Crippen LogP contribution is -2.00. The first kappa shape index (κ1) is 27.9. The smallest absolute Gasteiger partial charge is 0.164 e. The van der Waals surface area contributed by atoms with E-state index in [1.807, 2.05) is 49.5 Å². The molecule has 45 heavy (non-hydrogen) atoms. The molecule has 7 rings (SSSR count). The van der Waals surface area contributed by atoms with Crippen LogP contribution in [0.4, 0.5) is 5.82 Å². The van der Waals surface area contributed by atoms with Gasteiger partial charge in [0.05, 0.1) is 11.4 Å². The second-order valence-corrected chi connectivity index (χ2v) is 11.0. The molecule has 0 aliphatic heterocycles. The van der Waals surface area contributed by atoms with Crippen molar-refractivity contribution >= 4 is 29.8 Å². The molecule has 7 aromatic rings. The van der Waals surface area contributed by atoms with Crippen molar-refractivity contribution in [2.24, 2.45) is 4.99 Å². The third-order valence-electron chi connectivity index (χ3n) is 8.10. The van der Waals surface area contributed by atoms with Gasteiger partial charge in [-0.15, -0.1) is 0 Å². The number of aryl methyl sites for hydroxylation is 2. The van der Waals surface area contributed by atoms with Crippen molar-refractivity contribution in [1.82, 2.24) is 24.1 Å². The average molecular weight is 585 g/mol. The molecule has 6 nitrogen and oxygen atoms in total. The number of allylic oxidation sites excluding steroid dienone is 1. The Morgan fingerprint density at radius 1 is 0.622 bits per heavy atom. The van der Waals surface area contributed by atoms with E-state index >= 15 is 0 Å². The van der Waals surface area contributed by atoms with Crippen LogP contribution in [0.1, 0.15) is 23.7 Å². The Balaban J connectivity index is 1.26. The number of imidazole rings is 2. The van der Waals surface area contributed by atoms with Gasteiger partial charge in [0.25, 0.3) is 0 Å². The zero-order valence-electron chi connectivity index (χ0n) is 25.5. The van der Waals surface area contributed by atoms with Crippen LogP contribution < -0.4 is 0 Å². The van der Waals surface area contributed by atoms with E-state index in [2.05, 4.69) is 125 Å². The van der Waals surface area contributed by atoms with Gasteiger partial charge in [-0.1, -0.05) is 91.0 Å². The first-order chi connectivity index (χ1) is 22.1. The predicted octanol–water partition coefficient (Wildman–Crippen LogP) is 9.59. The summed E-state index contributed by atoms with van der Waals surface area (Å²) in [6, 6.07) is 37.6. The zero-order valence-corrected chi connectivity index (χ0v) is 25.5. The normalized spacial score (nSPS) is 11.4. The zero-order chi connectivity index (χ0) is 30.9. The highest BCUT2D eigenvalue weighted by atomic mass is 15.2. The molecular weight excluding hydrogens is 552 g/mol. The van der Waals surface area contributed by atoms with E-state index in [0.717, 1.165) is 79.1 Å². The van der Waals surface area contributed by atoms with Crippen molar-refractivity contribution < 1.29 is 0 Å². The van der Waals surface area contributed by atoms with Crippen LogP contribution in [0.15, 0.2) is 126 Å². The summed E-state index contributed by atoms with van der Waals surface area (Å²) in [5, 5.41) is 0. The Kier molecular flexibility index (Phi) is 7.23. The number of rotatable bonds is 7. The topological polar surface area (TPSA) is 60.9 Å². The SMILES string of the molecule is C=Nc1c(/C=C\C)nc(-c2ccc(-c3ccc(-c4nc5cccnc5n4-c4ccccc4C)cc3)cc2)n1-c1ccccc1C. The molecule has 0 spiro atoms. The number of hydrogen-bond donors (Lipinski definition) is 0. The molecule has 0 saturated heterocycles. The molecule has 0 aliphatic carbocycles. The van der Waals surface area contributed by atoms with Crippen LogP contribution in [0.5, 0.6) is 0 Å². The Labute approximate surface area is 262 Å². The maximum absolute atomic E-state index is 4.99. The van der Waals surface area contributed by atoms with Gasteiger partial charge < -0.3 is 0 Å². The van der Waals surface area contributed by atoms with Crippen LogP contribution in [0.2, 0.25) is 0 Å². The highest BCUT2D eigenvalue weighted by Crippen LogP contribution is 2.35. The molecule has 4 aromatic carbocycles. The largest absolute Gasteiger partial charge is 0.276 e. The summed E-state index contributed by atoms with van der Waals surface area (Å²) >= 11 is 0. The first-order valence-corrected chi connectivity index (χ1v) is 15.0. The molecule has 0 fully saturated rings. The van der Waals surface area contributed by atoms with Crippen LogP contribution in [-0.4, -0.2) is 30.8 Å². The van der Waals surface area contributed by atoms with Crippen molar-refractivity contribution in [2.75, 3.05) is 0 Å². The number of para-hydroxylation sites is 2. The van der Waals surface area contributed by atoms with Gasteiger partial charge in [0.1, 0.15) is 22.9 Å². The van der Waals surface area contributed by atoms with Crippen LogP contribution in [-0.2, 0) is 0 Å². The second kappa shape index (κ2) is 11.7. The summed E-state index contributed by atoms with van der Waals surface area (Å²) < 4.78 is 4.25. The van der Waals surface area contributed by atoms with E-state index in [0.29, 0.717) is 0 Å². The van der Waals surface area contributed by atoms with E-state index in [4.69, 9.17) is 9.97 Å². The molecular formula is C39H32N6. The van der Waals surface area contributed by atoms with E-state index in [-0.39, 0.29) is 0 Å². The number of nitrogens with zero attached hydrogens (tertiary/aromatic N) is 6. The first-order valence-electron chi connectivity index (χ1n) is 15.0. The molecule has 0 saturated carbocycles. The van der Waals surface area contributed by atoms with Crippen molar-refractivity contribution in [3.63, 3.8) is 0 Å². The molecule has 0 amide bonds.